The predicted octanol–water partition coefficient (Wildman–Crippen LogP) is -1.02. The summed E-state index contributed by atoms with van der Waals surface area (Å²) in [7, 11) is 0. The first-order chi connectivity index (χ1) is 8.85. The van der Waals surface area contributed by atoms with Gasteiger partial charge in [-0.3, -0.25) is 14.6 Å². The van der Waals surface area contributed by atoms with Crippen LogP contribution in [0.15, 0.2) is 15.7 Å². The van der Waals surface area contributed by atoms with Gasteiger partial charge in [0.1, 0.15) is 0 Å². The number of carbonyl (C=O) groups is 1. The molecular formula is C12H17N3O4. The summed E-state index contributed by atoms with van der Waals surface area (Å²) in [6, 6.07) is 1.20. The third-order valence-electron chi connectivity index (χ3n) is 3.19. The zero-order valence-electron chi connectivity index (χ0n) is 10.7. The molecule has 1 aliphatic rings. The molecule has 0 spiro atoms. The minimum absolute atomic E-state index is 0.0464. The van der Waals surface area contributed by atoms with Crippen LogP contribution in [0.25, 0.3) is 0 Å². The molecule has 19 heavy (non-hydrogen) atoms. The second kappa shape index (κ2) is 5.00. The van der Waals surface area contributed by atoms with Crippen LogP contribution in [0.2, 0.25) is 0 Å². The van der Waals surface area contributed by atoms with E-state index in [1.807, 2.05) is 4.98 Å². The van der Waals surface area contributed by atoms with Gasteiger partial charge >= 0.3 is 5.69 Å². The molecule has 0 bridgehead atoms. The number of aliphatic hydroxyl groups is 1. The van der Waals surface area contributed by atoms with E-state index in [0.717, 1.165) is 6.42 Å². The number of amides is 1. The van der Waals surface area contributed by atoms with Gasteiger partial charge in [0.15, 0.2) is 0 Å². The molecule has 1 aromatic heterocycles. The summed E-state index contributed by atoms with van der Waals surface area (Å²) in [6.07, 6.45) is 1.36. The summed E-state index contributed by atoms with van der Waals surface area (Å²) in [5, 5.41) is 9.94. The summed E-state index contributed by atoms with van der Waals surface area (Å²) < 4.78 is 0. The van der Waals surface area contributed by atoms with Crippen LogP contribution in [0.5, 0.6) is 0 Å². The van der Waals surface area contributed by atoms with Gasteiger partial charge in [-0.25, -0.2) is 4.79 Å². The highest BCUT2D eigenvalue weighted by Crippen LogP contribution is 2.20. The molecule has 1 aromatic rings. The first-order valence-corrected chi connectivity index (χ1v) is 6.18. The van der Waals surface area contributed by atoms with Gasteiger partial charge in [-0.15, -0.1) is 0 Å². The van der Waals surface area contributed by atoms with Crippen molar-refractivity contribution in [1.29, 1.82) is 0 Å². The van der Waals surface area contributed by atoms with E-state index in [0.29, 0.717) is 13.0 Å². The fourth-order valence-corrected chi connectivity index (χ4v) is 2.32. The van der Waals surface area contributed by atoms with Gasteiger partial charge < -0.3 is 15.0 Å². The van der Waals surface area contributed by atoms with E-state index in [-0.39, 0.29) is 24.6 Å². The Balaban J connectivity index is 2.08. The molecule has 1 unspecified atom stereocenters. The number of carbonyl (C=O) groups excluding carboxylic acids is 1. The number of hydrogen-bond donors (Lipinski definition) is 3. The summed E-state index contributed by atoms with van der Waals surface area (Å²) in [5.74, 6) is -0.207. The van der Waals surface area contributed by atoms with Crippen LogP contribution < -0.4 is 11.2 Å². The average Bonchev–Trinajstić information content (AvgIpc) is 2.25. The molecule has 3 N–H and O–H groups in total. The van der Waals surface area contributed by atoms with Crippen LogP contribution in [0.3, 0.4) is 0 Å². The highest BCUT2D eigenvalue weighted by atomic mass is 16.3. The number of nitrogens with zero attached hydrogens (tertiary/aromatic N) is 1. The highest BCUT2D eigenvalue weighted by Gasteiger charge is 2.30. The zero-order chi connectivity index (χ0) is 14.0. The van der Waals surface area contributed by atoms with E-state index >= 15 is 0 Å². The molecule has 7 nitrogen and oxygen atoms in total. The van der Waals surface area contributed by atoms with Gasteiger partial charge in [0.25, 0.3) is 5.56 Å². The Kier molecular flexibility index (Phi) is 3.57. The number of aromatic nitrogens is 2. The number of aromatic amines is 2. The Bertz CT molecular complexity index is 559. The molecule has 0 saturated carbocycles. The van der Waals surface area contributed by atoms with Crippen molar-refractivity contribution in [2.45, 2.75) is 31.8 Å². The lowest BCUT2D eigenvalue weighted by Crippen LogP contribution is -2.49. The van der Waals surface area contributed by atoms with Crippen LogP contribution in [0.1, 0.15) is 25.5 Å². The lowest BCUT2D eigenvalue weighted by molar-refractivity contribution is -0.136. The molecule has 2 rings (SSSR count). The molecule has 0 aromatic carbocycles. The van der Waals surface area contributed by atoms with Crippen LogP contribution in [-0.4, -0.2) is 44.6 Å². The highest BCUT2D eigenvalue weighted by molar-refractivity contribution is 5.78. The molecule has 1 saturated heterocycles. The first kappa shape index (κ1) is 13.5. The summed E-state index contributed by atoms with van der Waals surface area (Å²) in [6.45, 7) is 2.56. The van der Waals surface area contributed by atoms with Gasteiger partial charge in [0.05, 0.1) is 12.0 Å². The molecule has 0 radical (unpaired) electrons. The van der Waals surface area contributed by atoms with E-state index in [4.69, 9.17) is 0 Å². The maximum Gasteiger partial charge on any atom is 0.325 e. The Morgan fingerprint density at radius 3 is 2.84 bits per heavy atom. The molecule has 0 aliphatic carbocycles. The molecule has 2 heterocycles. The molecular weight excluding hydrogens is 250 g/mol. The van der Waals surface area contributed by atoms with Gasteiger partial charge in [-0.05, 0) is 19.8 Å². The lowest BCUT2D eigenvalue weighted by atomic mass is 9.95. The SMILES string of the molecule is CC1(O)CCCN(C(=O)Cc2cc(=O)[nH]c(=O)[nH]2)C1. The minimum Gasteiger partial charge on any atom is -0.388 e. The third-order valence-corrected chi connectivity index (χ3v) is 3.19. The van der Waals surface area contributed by atoms with E-state index in [1.54, 1.807) is 11.8 Å². The fourth-order valence-electron chi connectivity index (χ4n) is 2.32. The maximum absolute atomic E-state index is 12.1. The first-order valence-electron chi connectivity index (χ1n) is 6.18. The number of rotatable bonds is 2. The normalized spacial score (nSPS) is 23.4. The molecule has 104 valence electrons. The van der Waals surface area contributed by atoms with Gasteiger partial charge in [-0.1, -0.05) is 0 Å². The van der Waals surface area contributed by atoms with Crippen molar-refractivity contribution in [3.63, 3.8) is 0 Å². The van der Waals surface area contributed by atoms with E-state index in [9.17, 15) is 19.5 Å². The van der Waals surface area contributed by atoms with Gasteiger partial charge in [0, 0.05) is 24.8 Å². The number of H-pyrrole nitrogens is 2. The monoisotopic (exact) mass is 267 g/mol. The maximum atomic E-state index is 12.1. The number of nitrogens with one attached hydrogen (secondary N) is 2. The topological polar surface area (TPSA) is 106 Å². The third kappa shape index (κ3) is 3.54. The van der Waals surface area contributed by atoms with E-state index in [1.165, 1.54) is 6.07 Å². The average molecular weight is 267 g/mol. The van der Waals surface area contributed by atoms with Crippen LogP contribution in [0, 0.1) is 0 Å². The molecule has 1 atom stereocenters. The second-order valence-corrected chi connectivity index (χ2v) is 5.21. The van der Waals surface area contributed by atoms with Crippen molar-refractivity contribution < 1.29 is 9.90 Å². The Morgan fingerprint density at radius 2 is 2.21 bits per heavy atom. The minimum atomic E-state index is -0.866. The van der Waals surface area contributed by atoms with Gasteiger partial charge in [-0.2, -0.15) is 0 Å². The number of piperidine rings is 1. The molecule has 7 heteroatoms. The van der Waals surface area contributed by atoms with Crippen LogP contribution in [0.4, 0.5) is 0 Å². The van der Waals surface area contributed by atoms with Crippen LogP contribution >= 0.6 is 0 Å². The summed E-state index contributed by atoms with van der Waals surface area (Å²) in [4.78, 5) is 40.3. The van der Waals surface area contributed by atoms with Crippen LogP contribution in [-0.2, 0) is 11.2 Å². The standard InChI is InChI=1S/C12H17N3O4/c1-12(19)3-2-4-15(7-12)10(17)6-8-5-9(16)14-11(18)13-8/h5,19H,2-4,6-7H2,1H3,(H2,13,14,16,18). The van der Waals surface area contributed by atoms with Gasteiger partial charge in [0.2, 0.25) is 5.91 Å². The van der Waals surface area contributed by atoms with Crippen molar-refractivity contribution in [2.75, 3.05) is 13.1 Å². The Morgan fingerprint density at radius 1 is 1.47 bits per heavy atom. The van der Waals surface area contributed by atoms with Crippen molar-refractivity contribution in [2.24, 2.45) is 0 Å². The Hall–Kier alpha value is -1.89. The quantitative estimate of drug-likeness (QED) is 0.637. The molecule has 1 fully saturated rings. The largest absolute Gasteiger partial charge is 0.388 e. The van der Waals surface area contributed by atoms with Crippen molar-refractivity contribution in [3.05, 3.63) is 32.6 Å². The van der Waals surface area contributed by atoms with E-state index < -0.39 is 16.9 Å². The van der Waals surface area contributed by atoms with Crippen molar-refractivity contribution in [1.82, 2.24) is 14.9 Å². The number of likely N-dealkylation sites (tertiary alicyclic amines) is 1. The number of β-amino-alcohol motifs (C(OH)–C–C–N with tert-alkyl or cyclic N) is 1. The lowest BCUT2D eigenvalue weighted by Gasteiger charge is -2.36. The van der Waals surface area contributed by atoms with Crippen molar-refractivity contribution in [3.8, 4) is 0 Å². The van der Waals surface area contributed by atoms with Crippen molar-refractivity contribution >= 4 is 5.91 Å². The number of hydrogen-bond acceptors (Lipinski definition) is 4. The predicted molar refractivity (Wildman–Crippen MR) is 67.8 cm³/mol. The fraction of sp³-hybridized carbons (Fsp3) is 0.583. The Labute approximate surface area is 109 Å². The summed E-state index contributed by atoms with van der Waals surface area (Å²) >= 11 is 0. The smallest absolute Gasteiger partial charge is 0.325 e. The summed E-state index contributed by atoms with van der Waals surface area (Å²) in [5.41, 5.74) is -1.74. The zero-order valence-corrected chi connectivity index (χ0v) is 10.7. The van der Waals surface area contributed by atoms with E-state index in [2.05, 4.69) is 4.98 Å². The second-order valence-electron chi connectivity index (χ2n) is 5.21. The molecule has 1 aliphatic heterocycles. The molecule has 1 amide bonds.